The van der Waals surface area contributed by atoms with Gasteiger partial charge in [0.15, 0.2) is 0 Å². The molecule has 0 saturated heterocycles. The van der Waals surface area contributed by atoms with Gasteiger partial charge in [-0.2, -0.15) is 0 Å². The topological polar surface area (TPSA) is 12.0 Å². The van der Waals surface area contributed by atoms with Crippen molar-refractivity contribution in [2.45, 2.75) is 31.5 Å². The molecule has 0 spiro atoms. The Morgan fingerprint density at radius 1 is 1.14 bits per heavy atom. The van der Waals surface area contributed by atoms with Crippen LogP contribution in [0.1, 0.15) is 25.7 Å². The Balaban J connectivity index is 0.00000169. The van der Waals surface area contributed by atoms with Crippen LogP contribution >= 0.6 is 0 Å². The van der Waals surface area contributed by atoms with Crippen molar-refractivity contribution in [2.75, 3.05) is 13.6 Å². The van der Waals surface area contributed by atoms with Crippen LogP contribution in [0.25, 0.3) is 0 Å². The van der Waals surface area contributed by atoms with Crippen LogP contribution in [0.3, 0.4) is 0 Å². The van der Waals surface area contributed by atoms with Crippen LogP contribution in [-0.2, 0) is 0 Å². The fourth-order valence-electron chi connectivity index (χ4n) is 2.06. The molecule has 1 saturated carbocycles. The Bertz CT molecular complexity index is 157. The minimum absolute atomic E-state index is 0. The van der Waals surface area contributed by atoms with Crippen molar-refractivity contribution in [3.05, 3.63) is 0 Å². The zero-order chi connectivity index (χ0) is 9.90. The minimum Gasteiger partial charge on any atom is -0.449 e. The molecule has 0 aromatic carbocycles. The zero-order valence-corrected chi connectivity index (χ0v) is 12.0. The molecule has 0 bridgehead atoms. The van der Waals surface area contributed by atoms with Gasteiger partial charge in [-0.25, -0.2) is 0 Å². The molecule has 1 nitrogen and oxygen atoms in total. The third-order valence-electron chi connectivity index (χ3n) is 2.92. The average Bonchev–Trinajstić information content (AvgIpc) is 2.04. The molecule has 0 aromatic heterocycles. The van der Waals surface area contributed by atoms with Crippen LogP contribution in [0.15, 0.2) is 0 Å². The van der Waals surface area contributed by atoms with Crippen LogP contribution < -0.4 is 56.7 Å². The number of hydrogen-bond donors (Lipinski definition) is 1. The Hall–Kier alpha value is 1.45. The molecule has 6 heteroatoms. The van der Waals surface area contributed by atoms with Gasteiger partial charge < -0.3 is 18.3 Å². The maximum absolute atomic E-state index is 12.3. The van der Waals surface area contributed by atoms with Crippen LogP contribution in [0, 0.1) is 5.92 Å². The molecule has 1 rings (SSSR count). The monoisotopic (exact) mass is 233 g/mol. The predicted octanol–water partition coefficient (Wildman–Crippen LogP) is -0.382. The fraction of sp³-hybridized carbons (Fsp3) is 1.00. The molecular weight excluding hydrogens is 217 g/mol. The summed E-state index contributed by atoms with van der Waals surface area (Å²) >= 11 is 0. The van der Waals surface area contributed by atoms with Crippen LogP contribution in [0.4, 0.5) is 12.9 Å². The fourth-order valence-corrected chi connectivity index (χ4v) is 2.06. The van der Waals surface area contributed by atoms with E-state index in [2.05, 4.69) is 5.32 Å². The number of nitrogens with one attached hydrogen (secondary N) is 1. The van der Waals surface area contributed by atoms with Gasteiger partial charge in [0.25, 0.3) is 0 Å². The number of hydrogen-bond acceptors (Lipinski definition) is 1. The molecule has 0 radical (unpaired) electrons. The molecule has 0 heterocycles. The Morgan fingerprint density at radius 3 is 2.00 bits per heavy atom. The van der Waals surface area contributed by atoms with E-state index in [1.807, 2.05) is 7.05 Å². The van der Waals surface area contributed by atoms with Crippen LogP contribution in [-0.4, -0.2) is 20.6 Å². The third kappa shape index (κ3) is 4.99. The predicted molar refractivity (Wildman–Crippen MR) is 48.7 cm³/mol. The summed E-state index contributed by atoms with van der Waals surface area (Å²) in [5, 5.41) is 3.01. The molecule has 0 aromatic rings. The summed E-state index contributed by atoms with van der Waals surface area (Å²) in [6, 6.07) is 0. The second-order valence-electron chi connectivity index (χ2n) is 3.96. The molecule has 1 aliphatic carbocycles. The molecule has 1 N–H and O–H groups in total. The maximum atomic E-state index is 12.3. The van der Waals surface area contributed by atoms with E-state index in [9.17, 15) is 12.9 Å². The number of halogens is 3. The van der Waals surface area contributed by atoms with Gasteiger partial charge in [-0.05, 0) is 19.5 Å². The summed E-state index contributed by atoms with van der Waals surface area (Å²) in [6.45, 7) is -3.72. The SMILES string of the molecule is CNCC1CCC([B-](F)(F)F)CC1.[K+]. The molecule has 0 aliphatic heterocycles. The van der Waals surface area contributed by atoms with E-state index >= 15 is 0 Å². The van der Waals surface area contributed by atoms with E-state index in [1.165, 1.54) is 0 Å². The summed E-state index contributed by atoms with van der Waals surface area (Å²) in [5.74, 6) is -0.521. The van der Waals surface area contributed by atoms with Gasteiger partial charge in [0.2, 0.25) is 0 Å². The second kappa shape index (κ2) is 6.91. The van der Waals surface area contributed by atoms with Crippen molar-refractivity contribution >= 4 is 6.98 Å². The van der Waals surface area contributed by atoms with Gasteiger partial charge in [0.05, 0.1) is 0 Å². The number of rotatable bonds is 3. The first kappa shape index (κ1) is 15.5. The van der Waals surface area contributed by atoms with Crippen molar-refractivity contribution in [3.8, 4) is 0 Å². The van der Waals surface area contributed by atoms with Crippen molar-refractivity contribution in [2.24, 2.45) is 5.92 Å². The molecule has 0 amide bonds. The third-order valence-corrected chi connectivity index (χ3v) is 2.92. The molecule has 78 valence electrons. The van der Waals surface area contributed by atoms with Crippen molar-refractivity contribution in [1.29, 1.82) is 0 Å². The minimum atomic E-state index is -4.58. The van der Waals surface area contributed by atoms with E-state index < -0.39 is 12.8 Å². The molecule has 0 atom stereocenters. The Kier molecular flexibility index (Phi) is 7.63. The first-order valence-electron chi connectivity index (χ1n) is 4.88. The van der Waals surface area contributed by atoms with Gasteiger partial charge in [-0.15, -0.1) is 0 Å². The van der Waals surface area contributed by atoms with Gasteiger partial charge in [-0.3, -0.25) is 0 Å². The molecular formula is C8H16BF3KN. The van der Waals surface area contributed by atoms with E-state index in [4.69, 9.17) is 0 Å². The van der Waals surface area contributed by atoms with Gasteiger partial charge in [-0.1, -0.05) is 31.5 Å². The van der Waals surface area contributed by atoms with Crippen molar-refractivity contribution in [3.63, 3.8) is 0 Å². The van der Waals surface area contributed by atoms with Crippen LogP contribution in [0.2, 0.25) is 5.82 Å². The smallest absolute Gasteiger partial charge is 0.449 e. The molecule has 1 aliphatic rings. The van der Waals surface area contributed by atoms with E-state index in [1.54, 1.807) is 0 Å². The van der Waals surface area contributed by atoms with Crippen molar-refractivity contribution in [1.82, 2.24) is 5.32 Å². The van der Waals surface area contributed by atoms with Crippen molar-refractivity contribution < 1.29 is 64.3 Å². The summed E-state index contributed by atoms with van der Waals surface area (Å²) in [4.78, 5) is 0. The normalized spacial score (nSPS) is 28.3. The Morgan fingerprint density at radius 2 is 1.64 bits per heavy atom. The summed E-state index contributed by atoms with van der Waals surface area (Å²) in [5.41, 5.74) is 0. The van der Waals surface area contributed by atoms with Gasteiger partial charge >= 0.3 is 58.4 Å². The summed E-state index contributed by atoms with van der Waals surface area (Å²) in [6.07, 6.45) is 2.14. The quantitative estimate of drug-likeness (QED) is 0.655. The first-order valence-corrected chi connectivity index (χ1v) is 4.88. The van der Waals surface area contributed by atoms with E-state index in [0.717, 1.165) is 19.4 Å². The van der Waals surface area contributed by atoms with Crippen LogP contribution in [0.5, 0.6) is 0 Å². The maximum Gasteiger partial charge on any atom is 1.00 e. The van der Waals surface area contributed by atoms with Gasteiger partial charge in [0, 0.05) is 0 Å². The standard InChI is InChI=1S/C8H16BF3N.K/c1-13-6-7-2-4-8(5-3-7)9(10,11)12;/h7-8,13H,2-6H2,1H3;/q-1;+1. The second-order valence-corrected chi connectivity index (χ2v) is 3.96. The first-order chi connectivity index (χ1) is 6.04. The summed E-state index contributed by atoms with van der Waals surface area (Å²) in [7, 11) is 1.85. The summed E-state index contributed by atoms with van der Waals surface area (Å²) < 4.78 is 36.9. The zero-order valence-electron chi connectivity index (χ0n) is 8.90. The van der Waals surface area contributed by atoms with E-state index in [-0.39, 0.29) is 51.4 Å². The molecule has 14 heavy (non-hydrogen) atoms. The van der Waals surface area contributed by atoms with Gasteiger partial charge in [0.1, 0.15) is 0 Å². The molecule has 0 unspecified atom stereocenters. The largest absolute Gasteiger partial charge is 1.00 e. The molecule has 1 fully saturated rings. The Labute approximate surface area is 126 Å². The average molecular weight is 233 g/mol. The van der Waals surface area contributed by atoms with E-state index in [0.29, 0.717) is 18.8 Å².